The zero-order valence-electron chi connectivity index (χ0n) is 16.2. The molecule has 0 unspecified atom stereocenters. The van der Waals surface area contributed by atoms with Crippen LogP contribution in [0.5, 0.6) is 0 Å². The summed E-state index contributed by atoms with van der Waals surface area (Å²) in [6.07, 6.45) is 8.70. The smallest absolute Gasteiger partial charge is 0.253 e. The molecule has 1 fully saturated rings. The molecule has 5 nitrogen and oxygen atoms in total. The SMILES string of the molecule is O=C(C=Cc1ccccc1)NC(=S)Nc1ccccc1C(=O)NC1CCCCC1. The van der Waals surface area contributed by atoms with Gasteiger partial charge in [0.15, 0.2) is 5.11 Å². The molecule has 2 aromatic rings. The van der Waals surface area contributed by atoms with Gasteiger partial charge in [-0.2, -0.15) is 0 Å². The number of thiocarbonyl (C=S) groups is 1. The van der Waals surface area contributed by atoms with E-state index in [2.05, 4.69) is 16.0 Å². The molecule has 3 rings (SSSR count). The maximum Gasteiger partial charge on any atom is 0.253 e. The predicted octanol–water partition coefficient (Wildman–Crippen LogP) is 4.28. The van der Waals surface area contributed by atoms with Crippen molar-refractivity contribution >= 4 is 40.9 Å². The van der Waals surface area contributed by atoms with Crippen LogP contribution in [0.25, 0.3) is 6.08 Å². The fraction of sp³-hybridized carbons (Fsp3) is 0.261. The Morgan fingerprint density at radius 3 is 2.38 bits per heavy atom. The summed E-state index contributed by atoms with van der Waals surface area (Å²) in [7, 11) is 0. The first-order valence-corrected chi connectivity index (χ1v) is 10.3. The first-order chi connectivity index (χ1) is 14.1. The van der Waals surface area contributed by atoms with Crippen molar-refractivity contribution in [3.8, 4) is 0 Å². The average molecular weight is 408 g/mol. The summed E-state index contributed by atoms with van der Waals surface area (Å²) in [5, 5.41) is 8.82. The molecule has 0 spiro atoms. The van der Waals surface area contributed by atoms with E-state index < -0.39 is 0 Å². The largest absolute Gasteiger partial charge is 0.349 e. The van der Waals surface area contributed by atoms with Crippen LogP contribution in [0, 0.1) is 0 Å². The number of benzene rings is 2. The van der Waals surface area contributed by atoms with Gasteiger partial charge in [-0.3, -0.25) is 14.9 Å². The fourth-order valence-electron chi connectivity index (χ4n) is 3.34. The van der Waals surface area contributed by atoms with Crippen LogP contribution in [0.2, 0.25) is 0 Å². The molecule has 0 aromatic heterocycles. The molecular weight excluding hydrogens is 382 g/mol. The minimum absolute atomic E-state index is 0.127. The molecule has 0 aliphatic heterocycles. The molecule has 2 aromatic carbocycles. The first kappa shape index (κ1) is 20.7. The van der Waals surface area contributed by atoms with Crippen molar-refractivity contribution in [1.82, 2.24) is 10.6 Å². The molecule has 3 N–H and O–H groups in total. The summed E-state index contributed by atoms with van der Waals surface area (Å²) in [5.74, 6) is -0.464. The zero-order chi connectivity index (χ0) is 20.5. The molecule has 150 valence electrons. The maximum atomic E-state index is 12.7. The number of para-hydroxylation sites is 1. The van der Waals surface area contributed by atoms with Crippen LogP contribution in [0.3, 0.4) is 0 Å². The van der Waals surface area contributed by atoms with Gasteiger partial charge in [0, 0.05) is 12.1 Å². The quantitative estimate of drug-likeness (QED) is 0.511. The number of rotatable bonds is 5. The Kier molecular flexibility index (Phi) is 7.53. The number of anilines is 1. The van der Waals surface area contributed by atoms with Crippen LogP contribution >= 0.6 is 12.2 Å². The molecule has 1 aliphatic carbocycles. The number of carbonyl (C=O) groups excluding carboxylic acids is 2. The van der Waals surface area contributed by atoms with Crippen molar-refractivity contribution < 1.29 is 9.59 Å². The highest BCUT2D eigenvalue weighted by atomic mass is 32.1. The van der Waals surface area contributed by atoms with E-state index in [1.54, 1.807) is 18.2 Å². The van der Waals surface area contributed by atoms with Crippen LogP contribution in [-0.4, -0.2) is 23.0 Å². The Labute approximate surface area is 176 Å². The van der Waals surface area contributed by atoms with Gasteiger partial charge in [-0.25, -0.2) is 0 Å². The molecule has 6 heteroatoms. The third-order valence-electron chi connectivity index (χ3n) is 4.82. The Morgan fingerprint density at radius 2 is 1.62 bits per heavy atom. The Bertz CT molecular complexity index is 890. The number of nitrogens with one attached hydrogen (secondary N) is 3. The van der Waals surface area contributed by atoms with Gasteiger partial charge in [0.1, 0.15) is 0 Å². The molecule has 1 saturated carbocycles. The van der Waals surface area contributed by atoms with Crippen LogP contribution in [0.1, 0.15) is 48.0 Å². The van der Waals surface area contributed by atoms with Gasteiger partial charge in [-0.15, -0.1) is 0 Å². The molecule has 0 atom stereocenters. The van der Waals surface area contributed by atoms with E-state index in [0.717, 1.165) is 31.2 Å². The second-order valence-corrected chi connectivity index (χ2v) is 7.45. The predicted molar refractivity (Wildman–Crippen MR) is 121 cm³/mol. The lowest BCUT2D eigenvalue weighted by Crippen LogP contribution is -2.37. The van der Waals surface area contributed by atoms with Crippen molar-refractivity contribution in [2.24, 2.45) is 0 Å². The molecule has 0 heterocycles. The first-order valence-electron chi connectivity index (χ1n) is 9.87. The number of hydrogen-bond donors (Lipinski definition) is 3. The summed E-state index contributed by atoms with van der Waals surface area (Å²) in [5.41, 5.74) is 2.00. The minimum atomic E-state index is -0.338. The summed E-state index contributed by atoms with van der Waals surface area (Å²) in [6, 6.07) is 16.9. The maximum absolute atomic E-state index is 12.7. The van der Waals surface area contributed by atoms with Crippen LogP contribution < -0.4 is 16.0 Å². The topological polar surface area (TPSA) is 70.2 Å². The summed E-state index contributed by atoms with van der Waals surface area (Å²) in [6.45, 7) is 0. The molecule has 29 heavy (non-hydrogen) atoms. The number of amides is 2. The van der Waals surface area contributed by atoms with Gasteiger partial charge in [-0.1, -0.05) is 61.7 Å². The van der Waals surface area contributed by atoms with E-state index in [4.69, 9.17) is 12.2 Å². The lowest BCUT2D eigenvalue weighted by atomic mass is 9.95. The normalized spacial score (nSPS) is 14.3. The van der Waals surface area contributed by atoms with Crippen LogP contribution in [0.4, 0.5) is 5.69 Å². The van der Waals surface area contributed by atoms with Crippen molar-refractivity contribution in [2.75, 3.05) is 5.32 Å². The van der Waals surface area contributed by atoms with Crippen molar-refractivity contribution in [3.05, 3.63) is 71.8 Å². The van der Waals surface area contributed by atoms with E-state index >= 15 is 0 Å². The van der Waals surface area contributed by atoms with Gasteiger partial charge in [-0.05, 0) is 48.8 Å². The van der Waals surface area contributed by atoms with Crippen LogP contribution in [0.15, 0.2) is 60.7 Å². The molecule has 0 radical (unpaired) electrons. The van der Waals surface area contributed by atoms with Crippen LogP contribution in [-0.2, 0) is 4.79 Å². The lowest BCUT2D eigenvalue weighted by Gasteiger charge is -2.23. The van der Waals surface area contributed by atoms with Gasteiger partial charge in [0.25, 0.3) is 5.91 Å². The van der Waals surface area contributed by atoms with E-state index in [-0.39, 0.29) is 23.0 Å². The van der Waals surface area contributed by atoms with E-state index in [1.165, 1.54) is 12.5 Å². The average Bonchev–Trinajstić information content (AvgIpc) is 2.74. The summed E-state index contributed by atoms with van der Waals surface area (Å²) in [4.78, 5) is 24.8. The molecule has 1 aliphatic rings. The van der Waals surface area contributed by atoms with Gasteiger partial charge >= 0.3 is 0 Å². The molecular formula is C23H25N3O2S. The second kappa shape index (κ2) is 10.5. The Hall–Kier alpha value is -2.99. The van der Waals surface area contributed by atoms with Gasteiger partial charge in [0.05, 0.1) is 11.3 Å². The molecule has 0 bridgehead atoms. The highest BCUT2D eigenvalue weighted by molar-refractivity contribution is 7.80. The third kappa shape index (κ3) is 6.54. The van der Waals surface area contributed by atoms with Crippen molar-refractivity contribution in [3.63, 3.8) is 0 Å². The Balaban J connectivity index is 1.58. The van der Waals surface area contributed by atoms with Crippen molar-refractivity contribution in [2.45, 2.75) is 38.1 Å². The van der Waals surface area contributed by atoms with Gasteiger partial charge in [0.2, 0.25) is 5.91 Å². The lowest BCUT2D eigenvalue weighted by molar-refractivity contribution is -0.115. The van der Waals surface area contributed by atoms with E-state index in [9.17, 15) is 9.59 Å². The fourth-order valence-corrected chi connectivity index (χ4v) is 3.55. The molecule has 2 amide bonds. The molecule has 0 saturated heterocycles. The standard InChI is InChI=1S/C23H25N3O2S/c27-21(16-15-17-9-3-1-4-10-17)26-23(29)25-20-14-8-7-13-19(20)22(28)24-18-11-5-2-6-12-18/h1,3-4,7-10,13-16,18H,2,5-6,11-12H2,(H,24,28)(H2,25,26,27,29). The van der Waals surface area contributed by atoms with Gasteiger partial charge < -0.3 is 10.6 Å². The summed E-state index contributed by atoms with van der Waals surface area (Å²) >= 11 is 5.24. The number of hydrogen-bond acceptors (Lipinski definition) is 3. The Morgan fingerprint density at radius 1 is 0.931 bits per heavy atom. The third-order valence-corrected chi connectivity index (χ3v) is 5.03. The highest BCUT2D eigenvalue weighted by Crippen LogP contribution is 2.20. The van der Waals surface area contributed by atoms with Crippen molar-refractivity contribution in [1.29, 1.82) is 0 Å². The zero-order valence-corrected chi connectivity index (χ0v) is 17.0. The highest BCUT2D eigenvalue weighted by Gasteiger charge is 2.18. The summed E-state index contributed by atoms with van der Waals surface area (Å²) < 4.78 is 0. The second-order valence-electron chi connectivity index (χ2n) is 7.04. The minimum Gasteiger partial charge on any atom is -0.349 e. The van der Waals surface area contributed by atoms with E-state index in [1.807, 2.05) is 42.5 Å². The van der Waals surface area contributed by atoms with E-state index in [0.29, 0.717) is 11.3 Å². The monoisotopic (exact) mass is 407 g/mol. The number of carbonyl (C=O) groups is 2.